The molecule has 0 spiro atoms. The summed E-state index contributed by atoms with van der Waals surface area (Å²) in [6, 6.07) is 7.84. The van der Waals surface area contributed by atoms with Crippen LogP contribution in [0.3, 0.4) is 0 Å². The molecule has 0 aromatic heterocycles. The van der Waals surface area contributed by atoms with Crippen LogP contribution in [0.5, 0.6) is 0 Å². The Labute approximate surface area is 104 Å². The molecule has 1 atom stereocenters. The predicted octanol–water partition coefficient (Wildman–Crippen LogP) is 2.99. The standard InChI is InChI=1S/C12H15NOS2/c1-11-4-6-12(7-5-11)16(14)9-3-2-8-13-10-15/h4-7H,2-3,8-9H2,1H3. The molecule has 0 saturated carbocycles. The van der Waals surface area contributed by atoms with Crippen molar-refractivity contribution in [3.05, 3.63) is 29.8 Å². The van der Waals surface area contributed by atoms with E-state index in [0.717, 1.165) is 17.7 Å². The second-order valence-electron chi connectivity index (χ2n) is 3.54. The first kappa shape index (κ1) is 13.2. The molecule has 0 aliphatic heterocycles. The molecule has 0 amide bonds. The van der Waals surface area contributed by atoms with Gasteiger partial charge in [0.2, 0.25) is 0 Å². The lowest BCUT2D eigenvalue weighted by Gasteiger charge is -2.01. The van der Waals surface area contributed by atoms with Crippen molar-refractivity contribution < 1.29 is 4.21 Å². The maximum absolute atomic E-state index is 11.8. The number of rotatable bonds is 6. The third-order valence-electron chi connectivity index (χ3n) is 2.20. The molecule has 0 saturated heterocycles. The summed E-state index contributed by atoms with van der Waals surface area (Å²) in [6.45, 7) is 2.71. The van der Waals surface area contributed by atoms with E-state index in [1.165, 1.54) is 5.56 Å². The third-order valence-corrected chi connectivity index (χ3v) is 3.78. The number of aliphatic imine (C=N–C) groups is 1. The molecule has 1 aromatic carbocycles. The van der Waals surface area contributed by atoms with Crippen molar-refractivity contribution in [2.45, 2.75) is 24.7 Å². The van der Waals surface area contributed by atoms with Gasteiger partial charge in [-0.3, -0.25) is 4.21 Å². The summed E-state index contributed by atoms with van der Waals surface area (Å²) in [5, 5.41) is 2.33. The largest absolute Gasteiger partial charge is 0.254 e. The lowest BCUT2D eigenvalue weighted by molar-refractivity contribution is 0.678. The smallest absolute Gasteiger partial charge is 0.0584 e. The zero-order valence-electron chi connectivity index (χ0n) is 9.31. The van der Waals surface area contributed by atoms with Gasteiger partial charge in [0.25, 0.3) is 0 Å². The van der Waals surface area contributed by atoms with Crippen LogP contribution in [0.25, 0.3) is 0 Å². The SMILES string of the molecule is Cc1ccc(S(=O)CCCCN=C=S)cc1. The molecule has 0 bridgehead atoms. The van der Waals surface area contributed by atoms with Gasteiger partial charge in [0.15, 0.2) is 0 Å². The lowest BCUT2D eigenvalue weighted by atomic mass is 10.2. The van der Waals surface area contributed by atoms with E-state index in [4.69, 9.17) is 0 Å². The first-order chi connectivity index (χ1) is 7.74. The molecule has 1 unspecified atom stereocenters. The monoisotopic (exact) mass is 253 g/mol. The Hall–Kier alpha value is -0.830. The van der Waals surface area contributed by atoms with E-state index < -0.39 is 10.8 Å². The van der Waals surface area contributed by atoms with E-state index in [1.807, 2.05) is 31.2 Å². The Balaban J connectivity index is 2.35. The van der Waals surface area contributed by atoms with Gasteiger partial charge in [-0.25, -0.2) is 4.99 Å². The maximum Gasteiger partial charge on any atom is 0.0584 e. The number of isothiocyanates is 1. The maximum atomic E-state index is 11.8. The highest BCUT2D eigenvalue weighted by molar-refractivity contribution is 7.85. The zero-order valence-corrected chi connectivity index (χ0v) is 10.9. The first-order valence-corrected chi connectivity index (χ1v) is 6.95. The molecule has 0 radical (unpaired) electrons. The predicted molar refractivity (Wildman–Crippen MR) is 71.6 cm³/mol. The normalized spacial score (nSPS) is 11.8. The number of benzene rings is 1. The molecule has 0 heterocycles. The fraction of sp³-hybridized carbons (Fsp3) is 0.417. The van der Waals surface area contributed by atoms with Gasteiger partial charge in [-0.2, -0.15) is 0 Å². The number of hydrogen-bond donors (Lipinski definition) is 0. The van der Waals surface area contributed by atoms with Crippen molar-refractivity contribution in [3.8, 4) is 0 Å². The second-order valence-corrected chi connectivity index (χ2v) is 5.30. The molecule has 2 nitrogen and oxygen atoms in total. The summed E-state index contributed by atoms with van der Waals surface area (Å²) >= 11 is 4.47. The summed E-state index contributed by atoms with van der Waals surface area (Å²) in [6.07, 6.45) is 1.82. The van der Waals surface area contributed by atoms with E-state index in [1.54, 1.807) is 0 Å². The van der Waals surface area contributed by atoms with Crippen LogP contribution in [0.2, 0.25) is 0 Å². The Morgan fingerprint density at radius 3 is 2.62 bits per heavy atom. The molecule has 1 aromatic rings. The van der Waals surface area contributed by atoms with Gasteiger partial charge in [0.1, 0.15) is 0 Å². The van der Waals surface area contributed by atoms with Crippen LogP contribution in [0.15, 0.2) is 34.2 Å². The summed E-state index contributed by atoms with van der Waals surface area (Å²) < 4.78 is 11.8. The van der Waals surface area contributed by atoms with Crippen LogP contribution in [-0.4, -0.2) is 21.7 Å². The van der Waals surface area contributed by atoms with Crippen molar-refractivity contribution in [1.29, 1.82) is 0 Å². The second kappa shape index (κ2) is 7.44. The fourth-order valence-electron chi connectivity index (χ4n) is 1.28. The molecule has 1 rings (SSSR count). The average Bonchev–Trinajstić information content (AvgIpc) is 2.29. The van der Waals surface area contributed by atoms with Crippen LogP contribution < -0.4 is 0 Å². The highest BCUT2D eigenvalue weighted by Crippen LogP contribution is 2.09. The van der Waals surface area contributed by atoms with Crippen LogP contribution in [0, 0.1) is 6.92 Å². The van der Waals surface area contributed by atoms with Gasteiger partial charge >= 0.3 is 0 Å². The molecule has 0 aliphatic rings. The number of thiocarbonyl (C=S) groups is 1. The van der Waals surface area contributed by atoms with Gasteiger partial charge in [0.05, 0.1) is 16.0 Å². The van der Waals surface area contributed by atoms with Crippen molar-refractivity contribution in [1.82, 2.24) is 0 Å². The van der Waals surface area contributed by atoms with E-state index in [-0.39, 0.29) is 0 Å². The van der Waals surface area contributed by atoms with Gasteiger partial charge in [0, 0.05) is 17.2 Å². The minimum Gasteiger partial charge on any atom is -0.254 e. The minimum atomic E-state index is -0.885. The Kier molecular flexibility index (Phi) is 6.16. The van der Waals surface area contributed by atoms with Crippen LogP contribution in [-0.2, 0) is 10.8 Å². The van der Waals surface area contributed by atoms with Crippen molar-refractivity contribution in [2.75, 3.05) is 12.3 Å². The van der Waals surface area contributed by atoms with Crippen LogP contribution >= 0.6 is 12.2 Å². The van der Waals surface area contributed by atoms with Crippen LogP contribution in [0.1, 0.15) is 18.4 Å². The highest BCUT2D eigenvalue weighted by atomic mass is 32.2. The summed E-state index contributed by atoms with van der Waals surface area (Å²) in [5.41, 5.74) is 1.19. The van der Waals surface area contributed by atoms with Crippen LogP contribution in [0.4, 0.5) is 0 Å². The van der Waals surface area contributed by atoms with Gasteiger partial charge in [-0.05, 0) is 44.1 Å². The number of unbranched alkanes of at least 4 members (excludes halogenated alkanes) is 1. The average molecular weight is 253 g/mol. The molecule has 0 fully saturated rings. The Bertz CT molecular complexity index is 394. The molecule has 16 heavy (non-hydrogen) atoms. The summed E-state index contributed by atoms with van der Waals surface area (Å²) in [4.78, 5) is 4.73. The van der Waals surface area contributed by atoms with Crippen molar-refractivity contribution >= 4 is 28.2 Å². The quantitative estimate of drug-likeness (QED) is 0.443. The van der Waals surface area contributed by atoms with Crippen molar-refractivity contribution in [2.24, 2.45) is 4.99 Å². The Morgan fingerprint density at radius 1 is 1.31 bits per heavy atom. The van der Waals surface area contributed by atoms with Gasteiger partial charge < -0.3 is 0 Å². The number of aryl methyl sites for hydroxylation is 1. The molecule has 4 heteroatoms. The third kappa shape index (κ3) is 4.79. The molecular weight excluding hydrogens is 238 g/mol. The lowest BCUT2D eigenvalue weighted by Crippen LogP contribution is -1.98. The molecule has 0 N–H and O–H groups in total. The summed E-state index contributed by atoms with van der Waals surface area (Å²) in [5.74, 6) is 0.690. The van der Waals surface area contributed by atoms with E-state index in [9.17, 15) is 4.21 Å². The number of hydrogen-bond acceptors (Lipinski definition) is 3. The minimum absolute atomic E-state index is 0.689. The fourth-order valence-corrected chi connectivity index (χ4v) is 2.51. The molecular formula is C12H15NOS2. The van der Waals surface area contributed by atoms with Crippen molar-refractivity contribution in [3.63, 3.8) is 0 Å². The molecule has 0 aliphatic carbocycles. The van der Waals surface area contributed by atoms with E-state index in [0.29, 0.717) is 12.3 Å². The van der Waals surface area contributed by atoms with Gasteiger partial charge in [-0.15, -0.1) is 0 Å². The summed E-state index contributed by atoms with van der Waals surface area (Å²) in [7, 11) is -0.885. The van der Waals surface area contributed by atoms with E-state index >= 15 is 0 Å². The molecule has 86 valence electrons. The Morgan fingerprint density at radius 2 is 2.00 bits per heavy atom. The van der Waals surface area contributed by atoms with Gasteiger partial charge in [-0.1, -0.05) is 17.7 Å². The number of nitrogens with zero attached hydrogens (tertiary/aromatic N) is 1. The zero-order chi connectivity index (χ0) is 11.8. The highest BCUT2D eigenvalue weighted by Gasteiger charge is 2.02. The first-order valence-electron chi connectivity index (χ1n) is 5.22. The van der Waals surface area contributed by atoms with E-state index in [2.05, 4.69) is 22.4 Å². The topological polar surface area (TPSA) is 29.4 Å².